The Bertz CT molecular complexity index is 686. The predicted octanol–water partition coefficient (Wildman–Crippen LogP) is 3.14. The molecule has 5 nitrogen and oxygen atoms in total. The molecule has 0 saturated heterocycles. The maximum atomic E-state index is 12.3. The Kier molecular flexibility index (Phi) is 6.17. The maximum absolute atomic E-state index is 12.3. The highest BCUT2D eigenvalue weighted by Gasteiger charge is 2.46. The number of carbonyl (C=O) groups excluding carboxylic acids is 2. The number of rotatable bonds is 6. The van der Waals surface area contributed by atoms with E-state index in [0.29, 0.717) is 12.2 Å². The molecular formula is C20H22O5. The lowest BCUT2D eigenvalue weighted by molar-refractivity contribution is -0.162. The summed E-state index contributed by atoms with van der Waals surface area (Å²) in [5.74, 6) is -1.70. The minimum absolute atomic E-state index is 0.408. The van der Waals surface area contributed by atoms with Crippen LogP contribution < -0.4 is 0 Å². The first-order valence-corrected chi connectivity index (χ1v) is 7.89. The number of esters is 2. The second-order valence-electron chi connectivity index (χ2n) is 5.68. The average Bonchev–Trinajstić information content (AvgIpc) is 2.67. The summed E-state index contributed by atoms with van der Waals surface area (Å²) in [6, 6.07) is 9.65. The Hall–Kier alpha value is -2.82. The Labute approximate surface area is 147 Å². The van der Waals surface area contributed by atoms with Crippen LogP contribution in [0.1, 0.15) is 12.0 Å². The van der Waals surface area contributed by atoms with Gasteiger partial charge < -0.3 is 14.2 Å². The molecule has 0 amide bonds. The fourth-order valence-electron chi connectivity index (χ4n) is 2.82. The van der Waals surface area contributed by atoms with E-state index in [9.17, 15) is 9.59 Å². The van der Waals surface area contributed by atoms with E-state index in [2.05, 4.69) is 0 Å². The van der Waals surface area contributed by atoms with Gasteiger partial charge in [0.05, 0.1) is 21.3 Å². The van der Waals surface area contributed by atoms with Gasteiger partial charge in [-0.2, -0.15) is 0 Å². The summed E-state index contributed by atoms with van der Waals surface area (Å²) in [5, 5.41) is 0. The highest BCUT2D eigenvalue weighted by atomic mass is 16.5. The van der Waals surface area contributed by atoms with E-state index in [1.165, 1.54) is 14.2 Å². The molecule has 0 N–H and O–H groups in total. The van der Waals surface area contributed by atoms with Gasteiger partial charge in [0.2, 0.25) is 0 Å². The third-order valence-electron chi connectivity index (χ3n) is 4.25. The van der Waals surface area contributed by atoms with Crippen molar-refractivity contribution < 1.29 is 23.8 Å². The first-order chi connectivity index (χ1) is 12.1. The molecule has 1 aliphatic carbocycles. The first-order valence-electron chi connectivity index (χ1n) is 7.89. The van der Waals surface area contributed by atoms with E-state index in [4.69, 9.17) is 14.2 Å². The van der Waals surface area contributed by atoms with E-state index >= 15 is 0 Å². The molecule has 5 heteroatoms. The lowest BCUT2D eigenvalue weighted by atomic mass is 9.70. The lowest BCUT2D eigenvalue weighted by Crippen LogP contribution is -2.41. The average molecular weight is 342 g/mol. The van der Waals surface area contributed by atoms with Crippen molar-refractivity contribution in [1.29, 1.82) is 0 Å². The molecule has 0 aromatic heterocycles. The summed E-state index contributed by atoms with van der Waals surface area (Å²) in [6.45, 7) is 0. The van der Waals surface area contributed by atoms with Crippen LogP contribution in [-0.2, 0) is 23.8 Å². The van der Waals surface area contributed by atoms with E-state index in [-0.39, 0.29) is 0 Å². The third kappa shape index (κ3) is 4.18. The van der Waals surface area contributed by atoms with Gasteiger partial charge in [-0.1, -0.05) is 48.6 Å². The van der Waals surface area contributed by atoms with Crippen LogP contribution in [0, 0.1) is 11.3 Å². The fourth-order valence-corrected chi connectivity index (χ4v) is 2.82. The highest BCUT2D eigenvalue weighted by molar-refractivity contribution is 5.96. The second-order valence-corrected chi connectivity index (χ2v) is 5.68. The standard InChI is InChI=1S/C20H22O5/c1-23-16-10-13-20(14-11-16,12-9-15-7-5-4-6-8-15)17(18(21)24-2)19(22)25-3/h4-13,17H,14H2,1-3H3/b12-9+. The molecule has 2 rings (SSSR count). The van der Waals surface area contributed by atoms with Crippen LogP contribution in [0.25, 0.3) is 6.08 Å². The van der Waals surface area contributed by atoms with Gasteiger partial charge in [0.25, 0.3) is 0 Å². The summed E-state index contributed by atoms with van der Waals surface area (Å²) in [7, 11) is 4.09. The summed E-state index contributed by atoms with van der Waals surface area (Å²) in [5.41, 5.74) is 0.0724. The van der Waals surface area contributed by atoms with Crippen molar-refractivity contribution in [3.8, 4) is 0 Å². The molecule has 132 valence electrons. The van der Waals surface area contributed by atoms with Gasteiger partial charge in [-0.05, 0) is 24.1 Å². The van der Waals surface area contributed by atoms with Gasteiger partial charge in [0, 0.05) is 5.41 Å². The van der Waals surface area contributed by atoms with Crippen LogP contribution in [-0.4, -0.2) is 33.3 Å². The number of benzene rings is 1. The van der Waals surface area contributed by atoms with Crippen LogP contribution in [0.5, 0.6) is 0 Å². The molecular weight excluding hydrogens is 320 g/mol. The molecule has 25 heavy (non-hydrogen) atoms. The number of allylic oxidation sites excluding steroid dienone is 4. The van der Waals surface area contributed by atoms with Crippen molar-refractivity contribution in [2.75, 3.05) is 21.3 Å². The molecule has 1 aromatic rings. The first kappa shape index (κ1) is 18.5. The van der Waals surface area contributed by atoms with Crippen LogP contribution in [0.2, 0.25) is 0 Å². The van der Waals surface area contributed by atoms with Gasteiger partial charge in [-0.3, -0.25) is 9.59 Å². The van der Waals surface area contributed by atoms with Crippen molar-refractivity contribution in [2.24, 2.45) is 11.3 Å². The molecule has 0 aliphatic heterocycles. The van der Waals surface area contributed by atoms with E-state index in [1.807, 2.05) is 48.6 Å². The lowest BCUT2D eigenvalue weighted by Gasteiger charge is -2.33. The molecule has 0 heterocycles. The van der Waals surface area contributed by atoms with Crippen molar-refractivity contribution in [2.45, 2.75) is 6.42 Å². The van der Waals surface area contributed by atoms with Gasteiger partial charge >= 0.3 is 11.9 Å². The SMILES string of the molecule is COC(=O)C(C(=O)OC)C1(/C=C/c2ccccc2)C=CC(OC)=CC1. The zero-order valence-electron chi connectivity index (χ0n) is 14.6. The van der Waals surface area contributed by atoms with Crippen LogP contribution >= 0.6 is 0 Å². The van der Waals surface area contributed by atoms with Crippen LogP contribution in [0.4, 0.5) is 0 Å². The summed E-state index contributed by atoms with van der Waals surface area (Å²) < 4.78 is 14.9. The Balaban J connectivity index is 2.47. The largest absolute Gasteiger partial charge is 0.497 e. The zero-order chi connectivity index (χ0) is 18.3. The molecule has 0 radical (unpaired) electrons. The molecule has 1 unspecified atom stereocenters. The number of hydrogen-bond acceptors (Lipinski definition) is 5. The number of ether oxygens (including phenoxy) is 3. The number of hydrogen-bond donors (Lipinski definition) is 0. The fraction of sp³-hybridized carbons (Fsp3) is 0.300. The summed E-state index contributed by atoms with van der Waals surface area (Å²) in [4.78, 5) is 24.7. The minimum Gasteiger partial charge on any atom is -0.497 e. The van der Waals surface area contributed by atoms with Crippen molar-refractivity contribution in [3.05, 3.63) is 66.0 Å². The zero-order valence-corrected chi connectivity index (χ0v) is 14.6. The van der Waals surface area contributed by atoms with E-state index in [1.54, 1.807) is 19.3 Å². The Morgan fingerprint density at radius 2 is 1.72 bits per heavy atom. The summed E-state index contributed by atoms with van der Waals surface area (Å²) in [6.07, 6.45) is 9.52. The van der Waals surface area contributed by atoms with E-state index in [0.717, 1.165) is 5.56 Å². The topological polar surface area (TPSA) is 61.8 Å². The second kappa shape index (κ2) is 8.33. The van der Waals surface area contributed by atoms with Gasteiger partial charge in [0.15, 0.2) is 5.92 Å². The maximum Gasteiger partial charge on any atom is 0.321 e. The molecule has 1 aliphatic rings. The molecule has 1 atom stereocenters. The van der Waals surface area contributed by atoms with Gasteiger partial charge in [-0.15, -0.1) is 0 Å². The molecule has 0 spiro atoms. The van der Waals surface area contributed by atoms with Crippen molar-refractivity contribution >= 4 is 18.0 Å². The normalized spacial score (nSPS) is 19.6. The molecule has 0 saturated carbocycles. The van der Waals surface area contributed by atoms with Crippen molar-refractivity contribution in [1.82, 2.24) is 0 Å². The monoisotopic (exact) mass is 342 g/mol. The molecule has 1 aromatic carbocycles. The Morgan fingerprint density at radius 3 is 2.20 bits per heavy atom. The number of methoxy groups -OCH3 is 3. The molecule has 0 fully saturated rings. The van der Waals surface area contributed by atoms with Gasteiger partial charge in [-0.25, -0.2) is 0 Å². The highest BCUT2D eigenvalue weighted by Crippen LogP contribution is 2.41. The van der Waals surface area contributed by atoms with Gasteiger partial charge in [0.1, 0.15) is 5.76 Å². The number of carbonyl (C=O) groups is 2. The van der Waals surface area contributed by atoms with Crippen molar-refractivity contribution in [3.63, 3.8) is 0 Å². The third-order valence-corrected chi connectivity index (χ3v) is 4.25. The summed E-state index contributed by atoms with van der Waals surface area (Å²) >= 11 is 0. The van der Waals surface area contributed by atoms with E-state index < -0.39 is 23.3 Å². The Morgan fingerprint density at radius 1 is 1.08 bits per heavy atom. The quantitative estimate of drug-likeness (QED) is 0.587. The molecule has 0 bridgehead atoms. The predicted molar refractivity (Wildman–Crippen MR) is 94.3 cm³/mol. The minimum atomic E-state index is -1.10. The van der Waals surface area contributed by atoms with Crippen LogP contribution in [0.3, 0.4) is 0 Å². The smallest absolute Gasteiger partial charge is 0.321 e. The van der Waals surface area contributed by atoms with Crippen LogP contribution in [0.15, 0.2) is 60.4 Å².